The number of hydrogen-bond acceptors (Lipinski definition) is 4. The molecule has 0 spiro atoms. The lowest BCUT2D eigenvalue weighted by Gasteiger charge is -2.21. The number of amides is 1. The van der Waals surface area contributed by atoms with Crippen molar-refractivity contribution in [3.05, 3.63) is 16.7 Å². The van der Waals surface area contributed by atoms with Gasteiger partial charge in [-0.05, 0) is 33.0 Å². The molecule has 1 heterocycles. The molecule has 8 heteroatoms. The number of hydrogen-bond donors (Lipinski definition) is 4. The molecule has 0 fully saturated rings. The van der Waals surface area contributed by atoms with Crippen LogP contribution in [-0.4, -0.2) is 38.8 Å². The van der Waals surface area contributed by atoms with Crippen molar-refractivity contribution in [1.29, 1.82) is 0 Å². The van der Waals surface area contributed by atoms with Gasteiger partial charge in [-0.2, -0.15) is 0 Å². The second-order valence-electron chi connectivity index (χ2n) is 5.01. The summed E-state index contributed by atoms with van der Waals surface area (Å²) < 4.78 is 5.41. The van der Waals surface area contributed by atoms with E-state index in [1.54, 1.807) is 27.0 Å². The number of aromatic nitrogens is 2. The summed E-state index contributed by atoms with van der Waals surface area (Å²) in [6.45, 7) is 5.10. The lowest BCUT2D eigenvalue weighted by Crippen LogP contribution is -2.44. The van der Waals surface area contributed by atoms with Crippen LogP contribution in [0.3, 0.4) is 0 Å². The first-order valence-corrected chi connectivity index (χ1v) is 6.07. The largest absolute Gasteiger partial charge is 0.480 e. The van der Waals surface area contributed by atoms with E-state index in [9.17, 15) is 9.59 Å². The van der Waals surface area contributed by atoms with Gasteiger partial charge < -0.3 is 25.1 Å². The van der Waals surface area contributed by atoms with E-state index in [4.69, 9.17) is 22.1 Å². The van der Waals surface area contributed by atoms with Gasteiger partial charge in [0.25, 0.3) is 0 Å². The minimum atomic E-state index is -1.15. The molecular formula is C11H17N3O4S. The molecule has 0 bridgehead atoms. The summed E-state index contributed by atoms with van der Waals surface area (Å²) in [7, 11) is 0. The van der Waals surface area contributed by atoms with Crippen molar-refractivity contribution in [1.82, 2.24) is 15.3 Å². The SMILES string of the molecule is CC(C)(C)OC(=O)N[C@@H](Cc1c[nH]c(=S)[nH]1)C(=O)O. The summed E-state index contributed by atoms with van der Waals surface area (Å²) >= 11 is 4.84. The van der Waals surface area contributed by atoms with Crippen molar-refractivity contribution in [3.63, 3.8) is 0 Å². The average Bonchev–Trinajstić information content (AvgIpc) is 2.60. The first-order chi connectivity index (χ1) is 8.67. The predicted molar refractivity (Wildman–Crippen MR) is 70.5 cm³/mol. The third kappa shape index (κ3) is 5.56. The molecule has 1 aromatic heterocycles. The van der Waals surface area contributed by atoms with E-state index in [0.29, 0.717) is 10.5 Å². The molecule has 0 radical (unpaired) electrons. The van der Waals surface area contributed by atoms with Crippen LogP contribution in [-0.2, 0) is 16.0 Å². The Morgan fingerprint density at radius 3 is 2.58 bits per heavy atom. The zero-order chi connectivity index (χ0) is 14.6. The van der Waals surface area contributed by atoms with Crippen molar-refractivity contribution in [3.8, 4) is 0 Å². The molecule has 0 aliphatic heterocycles. The van der Waals surface area contributed by atoms with Crippen molar-refractivity contribution in [2.24, 2.45) is 0 Å². The first kappa shape index (κ1) is 15.2. The van der Waals surface area contributed by atoms with Gasteiger partial charge in [0.15, 0.2) is 4.77 Å². The number of imidazole rings is 1. The standard InChI is InChI=1S/C11H17N3O4S/c1-11(2,3)18-10(17)14-7(8(15)16)4-6-5-12-9(19)13-6/h5,7H,4H2,1-3H3,(H,14,17)(H,15,16)(H2,12,13,19)/t7-/m0/s1. The van der Waals surface area contributed by atoms with Gasteiger partial charge in [0.1, 0.15) is 11.6 Å². The second kappa shape index (κ2) is 5.87. The third-order valence-corrected chi connectivity index (χ3v) is 2.28. The zero-order valence-corrected chi connectivity index (χ0v) is 11.8. The molecule has 106 valence electrons. The molecular weight excluding hydrogens is 270 g/mol. The summed E-state index contributed by atoms with van der Waals surface area (Å²) in [6.07, 6.45) is 0.880. The molecule has 19 heavy (non-hydrogen) atoms. The number of carbonyl (C=O) groups is 2. The molecule has 0 aliphatic carbocycles. The highest BCUT2D eigenvalue weighted by Crippen LogP contribution is 2.07. The number of H-pyrrole nitrogens is 2. The van der Waals surface area contributed by atoms with Crippen LogP contribution in [0.1, 0.15) is 26.5 Å². The van der Waals surface area contributed by atoms with E-state index in [1.165, 1.54) is 0 Å². The van der Waals surface area contributed by atoms with Crippen LogP contribution in [0.2, 0.25) is 0 Å². The number of carbonyl (C=O) groups excluding carboxylic acids is 1. The summed E-state index contributed by atoms with van der Waals surface area (Å²) in [6, 6.07) is -1.09. The van der Waals surface area contributed by atoms with Gasteiger partial charge in [0.2, 0.25) is 0 Å². The number of alkyl carbamates (subject to hydrolysis) is 1. The summed E-state index contributed by atoms with van der Waals surface area (Å²) in [5.41, 5.74) is -0.0883. The number of aliphatic carboxylic acids is 1. The number of carboxylic acid groups (broad SMARTS) is 1. The van der Waals surface area contributed by atoms with E-state index >= 15 is 0 Å². The van der Waals surface area contributed by atoms with Crippen molar-refractivity contribution >= 4 is 24.3 Å². The molecule has 4 N–H and O–H groups in total. The van der Waals surface area contributed by atoms with Gasteiger partial charge in [-0.25, -0.2) is 9.59 Å². The fourth-order valence-electron chi connectivity index (χ4n) is 1.35. The quantitative estimate of drug-likeness (QED) is 0.629. The fraction of sp³-hybridized carbons (Fsp3) is 0.545. The molecule has 1 aromatic rings. The highest BCUT2D eigenvalue weighted by Gasteiger charge is 2.24. The summed E-state index contributed by atoms with van der Waals surface area (Å²) in [5, 5.41) is 11.4. The number of carboxylic acids is 1. The van der Waals surface area contributed by atoms with Gasteiger partial charge >= 0.3 is 12.1 Å². The van der Waals surface area contributed by atoms with Crippen molar-refractivity contribution in [2.45, 2.75) is 38.8 Å². The van der Waals surface area contributed by atoms with Gasteiger partial charge in [0.05, 0.1) is 0 Å². The molecule has 0 aromatic carbocycles. The highest BCUT2D eigenvalue weighted by molar-refractivity contribution is 7.71. The molecule has 1 atom stereocenters. The summed E-state index contributed by atoms with van der Waals surface area (Å²) in [5.74, 6) is -1.15. The van der Waals surface area contributed by atoms with Crippen LogP contribution in [0, 0.1) is 4.77 Å². The molecule has 0 saturated carbocycles. The Hall–Kier alpha value is -1.83. The molecule has 0 saturated heterocycles. The van der Waals surface area contributed by atoms with Crippen molar-refractivity contribution < 1.29 is 19.4 Å². The Bertz CT molecular complexity index is 515. The van der Waals surface area contributed by atoms with Gasteiger partial charge in [0, 0.05) is 18.3 Å². The molecule has 1 amide bonds. The normalized spacial score (nSPS) is 12.8. The van der Waals surface area contributed by atoms with E-state index in [0.717, 1.165) is 0 Å². The van der Waals surface area contributed by atoms with E-state index in [2.05, 4.69) is 15.3 Å². The lowest BCUT2D eigenvalue weighted by atomic mass is 10.1. The van der Waals surface area contributed by atoms with Gasteiger partial charge in [-0.3, -0.25) is 0 Å². The summed E-state index contributed by atoms with van der Waals surface area (Å²) in [4.78, 5) is 28.1. The van der Waals surface area contributed by atoms with Crippen molar-refractivity contribution in [2.75, 3.05) is 0 Å². The van der Waals surface area contributed by atoms with Crippen LogP contribution >= 0.6 is 12.2 Å². The lowest BCUT2D eigenvalue weighted by molar-refractivity contribution is -0.139. The maximum atomic E-state index is 11.5. The van der Waals surface area contributed by atoms with Crippen LogP contribution < -0.4 is 5.32 Å². The predicted octanol–water partition coefficient (Wildman–Crippen LogP) is 1.59. The smallest absolute Gasteiger partial charge is 0.408 e. The number of rotatable bonds is 4. The third-order valence-electron chi connectivity index (χ3n) is 2.06. The molecule has 0 unspecified atom stereocenters. The van der Waals surface area contributed by atoms with Crippen LogP contribution in [0.25, 0.3) is 0 Å². The van der Waals surface area contributed by atoms with Crippen LogP contribution in [0.15, 0.2) is 6.20 Å². The first-order valence-electron chi connectivity index (χ1n) is 5.66. The van der Waals surface area contributed by atoms with Gasteiger partial charge in [-0.1, -0.05) is 0 Å². The second-order valence-corrected chi connectivity index (χ2v) is 5.42. The van der Waals surface area contributed by atoms with Crippen LogP contribution in [0.5, 0.6) is 0 Å². The minimum absolute atomic E-state index is 0.0850. The average molecular weight is 287 g/mol. The fourth-order valence-corrected chi connectivity index (χ4v) is 1.54. The topological polar surface area (TPSA) is 107 Å². The minimum Gasteiger partial charge on any atom is -0.480 e. The number of ether oxygens (including phenoxy) is 1. The van der Waals surface area contributed by atoms with E-state index in [1.807, 2.05) is 0 Å². The number of aromatic amines is 2. The Morgan fingerprint density at radius 1 is 1.53 bits per heavy atom. The Kier molecular flexibility index (Phi) is 4.71. The maximum Gasteiger partial charge on any atom is 0.408 e. The highest BCUT2D eigenvalue weighted by atomic mass is 32.1. The maximum absolute atomic E-state index is 11.5. The Labute approximate surface area is 115 Å². The van der Waals surface area contributed by atoms with E-state index < -0.39 is 23.7 Å². The van der Waals surface area contributed by atoms with Gasteiger partial charge in [-0.15, -0.1) is 0 Å². The monoisotopic (exact) mass is 287 g/mol. The Morgan fingerprint density at radius 2 is 2.16 bits per heavy atom. The molecule has 0 aliphatic rings. The number of nitrogens with one attached hydrogen (secondary N) is 3. The zero-order valence-electron chi connectivity index (χ0n) is 10.9. The Balaban J connectivity index is 2.66. The molecule has 1 rings (SSSR count). The van der Waals surface area contributed by atoms with E-state index in [-0.39, 0.29) is 6.42 Å². The van der Waals surface area contributed by atoms with Crippen LogP contribution in [0.4, 0.5) is 4.79 Å². The molecule has 7 nitrogen and oxygen atoms in total.